The van der Waals surface area contributed by atoms with Crippen molar-refractivity contribution in [3.8, 4) is 0 Å². The summed E-state index contributed by atoms with van der Waals surface area (Å²) in [4.78, 5) is 21.4. The van der Waals surface area contributed by atoms with Gasteiger partial charge in [-0.3, -0.25) is 4.79 Å². The molecule has 0 aliphatic rings. The summed E-state index contributed by atoms with van der Waals surface area (Å²) in [7, 11) is 0. The summed E-state index contributed by atoms with van der Waals surface area (Å²) in [5.41, 5.74) is 0.482. The topological polar surface area (TPSA) is 78.4 Å². The van der Waals surface area contributed by atoms with Gasteiger partial charge in [-0.15, -0.1) is 11.3 Å². The molecule has 146 valence electrons. The highest BCUT2D eigenvalue weighted by atomic mass is 32.1. The standard InChI is InChI=1S/C17H20F3N5OS/c1-4-21-17(22-7-13-9(2)24-10(3)27-13)23-8-14(26)25-12-6-5-11(18)15(19)16(12)20/h5-6H,4,7-8H2,1-3H3,(H,25,26)(H2,21,22,23). The van der Waals surface area contributed by atoms with Gasteiger partial charge in [-0.05, 0) is 32.9 Å². The third kappa shape index (κ3) is 5.68. The molecule has 0 aliphatic heterocycles. The molecule has 1 heterocycles. The van der Waals surface area contributed by atoms with Crippen LogP contribution in [-0.2, 0) is 11.3 Å². The van der Waals surface area contributed by atoms with E-state index in [-0.39, 0.29) is 6.54 Å². The number of hydrogen-bond acceptors (Lipinski definition) is 4. The van der Waals surface area contributed by atoms with E-state index >= 15 is 0 Å². The van der Waals surface area contributed by atoms with Crippen LogP contribution in [0.4, 0.5) is 18.9 Å². The minimum Gasteiger partial charge on any atom is -0.357 e. The monoisotopic (exact) mass is 399 g/mol. The summed E-state index contributed by atoms with van der Waals surface area (Å²) in [6.07, 6.45) is 0. The maximum atomic E-state index is 13.6. The fourth-order valence-electron chi connectivity index (χ4n) is 2.21. The maximum absolute atomic E-state index is 13.6. The molecule has 10 heteroatoms. The Bertz CT molecular complexity index is 853. The molecule has 0 saturated carbocycles. The molecule has 0 bridgehead atoms. The van der Waals surface area contributed by atoms with Gasteiger partial charge in [0.15, 0.2) is 23.4 Å². The molecule has 0 spiro atoms. The molecule has 27 heavy (non-hydrogen) atoms. The molecule has 0 fully saturated rings. The molecule has 1 aromatic heterocycles. The number of guanidine groups is 1. The van der Waals surface area contributed by atoms with Gasteiger partial charge in [0.05, 0.1) is 22.9 Å². The number of hydrogen-bond donors (Lipinski definition) is 3. The lowest BCUT2D eigenvalue weighted by molar-refractivity contribution is -0.114. The number of benzene rings is 1. The van der Waals surface area contributed by atoms with Gasteiger partial charge < -0.3 is 16.0 Å². The van der Waals surface area contributed by atoms with Crippen molar-refractivity contribution in [1.29, 1.82) is 0 Å². The van der Waals surface area contributed by atoms with Gasteiger partial charge in [0, 0.05) is 11.4 Å². The highest BCUT2D eigenvalue weighted by Gasteiger charge is 2.15. The minimum absolute atomic E-state index is 0.325. The molecule has 0 saturated heterocycles. The van der Waals surface area contributed by atoms with Crippen LogP contribution in [0.25, 0.3) is 0 Å². The fourth-order valence-corrected chi connectivity index (χ4v) is 3.08. The number of aryl methyl sites for hydroxylation is 2. The average Bonchev–Trinajstić information content (AvgIpc) is 2.95. The van der Waals surface area contributed by atoms with Crippen LogP contribution in [0.5, 0.6) is 0 Å². The zero-order chi connectivity index (χ0) is 20.0. The van der Waals surface area contributed by atoms with E-state index in [4.69, 9.17) is 0 Å². The lowest BCUT2D eigenvalue weighted by Gasteiger charge is -2.11. The van der Waals surface area contributed by atoms with Gasteiger partial charge in [0.2, 0.25) is 5.91 Å². The zero-order valence-electron chi connectivity index (χ0n) is 15.1. The van der Waals surface area contributed by atoms with E-state index in [0.717, 1.165) is 27.7 Å². The van der Waals surface area contributed by atoms with Gasteiger partial charge in [-0.25, -0.2) is 23.1 Å². The van der Waals surface area contributed by atoms with Crippen molar-refractivity contribution >= 4 is 28.9 Å². The molecule has 1 aromatic carbocycles. The van der Waals surface area contributed by atoms with Crippen LogP contribution in [0.3, 0.4) is 0 Å². The predicted octanol–water partition coefficient (Wildman–Crippen LogP) is 2.87. The number of aliphatic imine (C=N–C) groups is 1. The van der Waals surface area contributed by atoms with Gasteiger partial charge in [0.25, 0.3) is 0 Å². The maximum Gasteiger partial charge on any atom is 0.246 e. The SMILES string of the molecule is CCNC(=NCC(=O)Nc1ccc(F)c(F)c1F)NCc1sc(C)nc1C. The second kappa shape index (κ2) is 9.36. The van der Waals surface area contributed by atoms with Crippen molar-refractivity contribution in [1.82, 2.24) is 15.6 Å². The molecule has 2 rings (SSSR count). The summed E-state index contributed by atoms with van der Waals surface area (Å²) in [6.45, 7) is 6.44. The molecule has 3 N–H and O–H groups in total. The van der Waals surface area contributed by atoms with E-state index in [1.807, 2.05) is 20.8 Å². The molecular formula is C17H20F3N5OS. The molecule has 0 atom stereocenters. The van der Waals surface area contributed by atoms with Crippen LogP contribution in [0.15, 0.2) is 17.1 Å². The lowest BCUT2D eigenvalue weighted by atomic mass is 10.3. The Morgan fingerprint density at radius 1 is 1.19 bits per heavy atom. The molecule has 6 nitrogen and oxygen atoms in total. The largest absolute Gasteiger partial charge is 0.357 e. The first kappa shape index (κ1) is 20.7. The van der Waals surface area contributed by atoms with Gasteiger partial charge in [-0.2, -0.15) is 0 Å². The third-order valence-corrected chi connectivity index (χ3v) is 4.52. The number of nitrogens with zero attached hydrogens (tertiary/aromatic N) is 2. The molecule has 0 aliphatic carbocycles. The predicted molar refractivity (Wildman–Crippen MR) is 99.4 cm³/mol. The number of halogens is 3. The van der Waals surface area contributed by atoms with Crippen molar-refractivity contribution in [2.75, 3.05) is 18.4 Å². The number of carbonyl (C=O) groups excluding carboxylic acids is 1. The summed E-state index contributed by atoms with van der Waals surface area (Å²) in [6, 6.07) is 1.69. The van der Waals surface area contributed by atoms with Crippen LogP contribution in [-0.4, -0.2) is 29.9 Å². The van der Waals surface area contributed by atoms with Crippen LogP contribution in [0, 0.1) is 31.3 Å². The second-order valence-electron chi connectivity index (χ2n) is 5.56. The highest BCUT2D eigenvalue weighted by molar-refractivity contribution is 7.11. The van der Waals surface area contributed by atoms with Crippen molar-refractivity contribution in [2.24, 2.45) is 4.99 Å². The molecule has 0 radical (unpaired) electrons. The van der Waals surface area contributed by atoms with E-state index in [0.29, 0.717) is 19.0 Å². The van der Waals surface area contributed by atoms with Crippen LogP contribution in [0.2, 0.25) is 0 Å². The van der Waals surface area contributed by atoms with Crippen LogP contribution < -0.4 is 16.0 Å². The van der Waals surface area contributed by atoms with E-state index in [1.54, 1.807) is 11.3 Å². The Hall–Kier alpha value is -2.62. The Balaban J connectivity index is 1.98. The number of carbonyl (C=O) groups is 1. The summed E-state index contributed by atoms with van der Waals surface area (Å²) >= 11 is 1.56. The Labute approximate surface area is 158 Å². The van der Waals surface area contributed by atoms with E-state index in [2.05, 4.69) is 25.9 Å². The van der Waals surface area contributed by atoms with Gasteiger partial charge >= 0.3 is 0 Å². The first-order valence-electron chi connectivity index (χ1n) is 8.20. The smallest absolute Gasteiger partial charge is 0.246 e. The number of aromatic nitrogens is 1. The van der Waals surface area contributed by atoms with Crippen LogP contribution in [0.1, 0.15) is 22.5 Å². The first-order chi connectivity index (χ1) is 12.8. The highest BCUT2D eigenvalue weighted by Crippen LogP contribution is 2.19. The second-order valence-corrected chi connectivity index (χ2v) is 6.85. The Kier molecular flexibility index (Phi) is 7.17. The lowest BCUT2D eigenvalue weighted by Crippen LogP contribution is -2.37. The van der Waals surface area contributed by atoms with Crippen molar-refractivity contribution in [2.45, 2.75) is 27.3 Å². The van der Waals surface area contributed by atoms with E-state index < -0.39 is 29.0 Å². The molecule has 0 unspecified atom stereocenters. The zero-order valence-corrected chi connectivity index (χ0v) is 15.9. The summed E-state index contributed by atoms with van der Waals surface area (Å²) in [5, 5.41) is 9.20. The van der Waals surface area contributed by atoms with Crippen molar-refractivity contribution in [3.05, 3.63) is 45.2 Å². The number of anilines is 1. The number of nitrogens with one attached hydrogen (secondary N) is 3. The summed E-state index contributed by atoms with van der Waals surface area (Å²) in [5.74, 6) is -4.68. The fraction of sp³-hybridized carbons (Fsp3) is 0.353. The van der Waals surface area contributed by atoms with Gasteiger partial charge in [-0.1, -0.05) is 0 Å². The number of amides is 1. The Morgan fingerprint density at radius 2 is 1.93 bits per heavy atom. The normalized spacial score (nSPS) is 11.4. The average molecular weight is 399 g/mol. The number of rotatable bonds is 6. The van der Waals surface area contributed by atoms with Crippen molar-refractivity contribution in [3.63, 3.8) is 0 Å². The molecular weight excluding hydrogens is 379 g/mol. The van der Waals surface area contributed by atoms with Gasteiger partial charge in [0.1, 0.15) is 6.54 Å². The third-order valence-electron chi connectivity index (χ3n) is 3.45. The molecule has 1 amide bonds. The number of thiazole rings is 1. The van der Waals surface area contributed by atoms with Crippen LogP contribution >= 0.6 is 11.3 Å². The molecule has 2 aromatic rings. The minimum atomic E-state index is -1.64. The van der Waals surface area contributed by atoms with E-state index in [1.165, 1.54) is 0 Å². The quantitative estimate of drug-likeness (QED) is 0.397. The summed E-state index contributed by atoms with van der Waals surface area (Å²) < 4.78 is 39.7. The Morgan fingerprint density at radius 3 is 2.56 bits per heavy atom. The first-order valence-corrected chi connectivity index (χ1v) is 9.01. The van der Waals surface area contributed by atoms with E-state index in [9.17, 15) is 18.0 Å². The van der Waals surface area contributed by atoms with Crippen molar-refractivity contribution < 1.29 is 18.0 Å².